The molecule has 0 N–H and O–H groups in total. The van der Waals surface area contributed by atoms with E-state index in [1.807, 2.05) is 26.2 Å². The normalized spacial score (nSPS) is 17.5. The van der Waals surface area contributed by atoms with Crippen LogP contribution in [-0.4, -0.2) is 42.9 Å². The molecule has 1 saturated heterocycles. The predicted molar refractivity (Wildman–Crippen MR) is 86.6 cm³/mol. The Hall–Kier alpha value is -2.61. The third kappa shape index (κ3) is 3.53. The molecule has 0 saturated carbocycles. The molecule has 0 aromatic carbocycles. The Morgan fingerprint density at radius 2 is 2.32 bits per heavy atom. The van der Waals surface area contributed by atoms with Crippen LogP contribution in [0.25, 0.3) is 0 Å². The van der Waals surface area contributed by atoms with E-state index in [9.17, 15) is 10.1 Å². The van der Waals surface area contributed by atoms with Gasteiger partial charge in [0.1, 0.15) is 11.8 Å². The molecule has 114 valence electrons. The summed E-state index contributed by atoms with van der Waals surface area (Å²) in [6, 6.07) is 5.59. The fraction of sp³-hybridized carbons (Fsp3) is 0.353. The number of carbonyl (C=O) groups is 1. The first-order chi connectivity index (χ1) is 10.5. The fourth-order valence-electron chi connectivity index (χ4n) is 2.43. The van der Waals surface area contributed by atoms with Gasteiger partial charge in [0.25, 0.3) is 0 Å². The Morgan fingerprint density at radius 1 is 1.55 bits per heavy atom. The average Bonchev–Trinajstić information content (AvgIpc) is 3.00. The first kappa shape index (κ1) is 15.8. The topological polar surface area (TPSA) is 60.2 Å². The van der Waals surface area contributed by atoms with Crippen LogP contribution in [0.1, 0.15) is 22.6 Å². The maximum Gasteiger partial charge on any atom is 0.205 e. The highest BCUT2D eigenvalue weighted by Crippen LogP contribution is 2.26. The molecule has 0 amide bonds. The highest BCUT2D eigenvalue weighted by Gasteiger charge is 2.23. The molecule has 2 heterocycles. The SMILES string of the molecule is C=CC1CCN(c2ccc(C(=O)C=CN(C)C)nc2C#N)C1. The predicted octanol–water partition coefficient (Wildman–Crippen LogP) is 2.22. The summed E-state index contributed by atoms with van der Waals surface area (Å²) in [5.41, 5.74) is 1.38. The van der Waals surface area contributed by atoms with E-state index in [0.717, 1.165) is 25.2 Å². The number of anilines is 1. The maximum atomic E-state index is 12.0. The van der Waals surface area contributed by atoms with Crippen LogP contribution in [0.4, 0.5) is 5.69 Å². The van der Waals surface area contributed by atoms with Crippen molar-refractivity contribution in [1.82, 2.24) is 9.88 Å². The van der Waals surface area contributed by atoms with Gasteiger partial charge in [-0.15, -0.1) is 6.58 Å². The maximum absolute atomic E-state index is 12.0. The average molecular weight is 296 g/mol. The number of ketones is 1. The zero-order valence-electron chi connectivity index (χ0n) is 13.0. The number of rotatable bonds is 5. The van der Waals surface area contributed by atoms with Crippen molar-refractivity contribution in [3.8, 4) is 6.07 Å². The standard InChI is InChI=1S/C17H20N4O/c1-4-13-7-10-21(12-13)16-6-5-14(19-15(16)11-18)17(22)8-9-20(2)3/h4-6,8-9,13H,1,7,10,12H2,2-3H3. The van der Waals surface area contributed by atoms with Gasteiger partial charge in [-0.3, -0.25) is 4.79 Å². The first-order valence-corrected chi connectivity index (χ1v) is 7.22. The van der Waals surface area contributed by atoms with Crippen LogP contribution in [0, 0.1) is 17.2 Å². The van der Waals surface area contributed by atoms with E-state index in [1.165, 1.54) is 6.08 Å². The van der Waals surface area contributed by atoms with Crippen LogP contribution in [-0.2, 0) is 0 Å². The lowest BCUT2D eigenvalue weighted by Crippen LogP contribution is -2.21. The second kappa shape index (κ2) is 6.90. The van der Waals surface area contributed by atoms with Gasteiger partial charge in [-0.25, -0.2) is 4.98 Å². The van der Waals surface area contributed by atoms with Gasteiger partial charge >= 0.3 is 0 Å². The zero-order chi connectivity index (χ0) is 16.1. The van der Waals surface area contributed by atoms with Gasteiger partial charge in [0.05, 0.1) is 5.69 Å². The number of hydrogen-bond donors (Lipinski definition) is 0. The molecule has 0 aliphatic carbocycles. The zero-order valence-corrected chi connectivity index (χ0v) is 13.0. The highest BCUT2D eigenvalue weighted by molar-refractivity contribution is 6.03. The second-order valence-electron chi connectivity index (χ2n) is 5.55. The summed E-state index contributed by atoms with van der Waals surface area (Å²) in [5, 5.41) is 9.33. The summed E-state index contributed by atoms with van der Waals surface area (Å²) < 4.78 is 0. The molecule has 2 rings (SSSR count). The highest BCUT2D eigenvalue weighted by atomic mass is 16.1. The molecule has 1 aliphatic heterocycles. The largest absolute Gasteiger partial charge is 0.383 e. The molecule has 1 atom stereocenters. The lowest BCUT2D eigenvalue weighted by Gasteiger charge is -2.19. The number of nitriles is 1. The van der Waals surface area contributed by atoms with Crippen molar-refractivity contribution in [1.29, 1.82) is 5.26 Å². The van der Waals surface area contributed by atoms with E-state index < -0.39 is 0 Å². The van der Waals surface area contributed by atoms with E-state index in [1.54, 1.807) is 17.2 Å². The third-order valence-corrected chi connectivity index (χ3v) is 3.66. The Morgan fingerprint density at radius 3 is 2.91 bits per heavy atom. The van der Waals surface area contributed by atoms with Gasteiger partial charge in [-0.1, -0.05) is 6.08 Å². The molecular weight excluding hydrogens is 276 g/mol. The van der Waals surface area contributed by atoms with Crippen molar-refractivity contribution in [3.63, 3.8) is 0 Å². The monoisotopic (exact) mass is 296 g/mol. The van der Waals surface area contributed by atoms with Crippen molar-refractivity contribution in [2.24, 2.45) is 5.92 Å². The van der Waals surface area contributed by atoms with E-state index in [-0.39, 0.29) is 11.5 Å². The molecule has 0 radical (unpaired) electrons. The van der Waals surface area contributed by atoms with Crippen LogP contribution >= 0.6 is 0 Å². The van der Waals surface area contributed by atoms with Crippen molar-refractivity contribution in [2.45, 2.75) is 6.42 Å². The summed E-state index contributed by atoms with van der Waals surface area (Å²) in [7, 11) is 3.68. The minimum atomic E-state index is -0.206. The molecule has 0 bridgehead atoms. The van der Waals surface area contributed by atoms with Gasteiger partial charge in [-0.05, 0) is 24.5 Å². The minimum absolute atomic E-state index is 0.206. The smallest absolute Gasteiger partial charge is 0.205 e. The Kier molecular flexibility index (Phi) is 4.95. The number of carbonyl (C=O) groups excluding carboxylic acids is 1. The van der Waals surface area contributed by atoms with Gasteiger partial charge in [0, 0.05) is 39.5 Å². The van der Waals surface area contributed by atoms with Crippen molar-refractivity contribution in [3.05, 3.63) is 48.5 Å². The third-order valence-electron chi connectivity index (χ3n) is 3.66. The Balaban J connectivity index is 2.24. The van der Waals surface area contributed by atoms with Gasteiger partial charge in [-0.2, -0.15) is 5.26 Å². The molecule has 0 spiro atoms. The van der Waals surface area contributed by atoms with E-state index in [2.05, 4.69) is 22.5 Å². The lowest BCUT2D eigenvalue weighted by atomic mass is 10.1. The number of pyridine rings is 1. The summed E-state index contributed by atoms with van der Waals surface area (Å²) >= 11 is 0. The lowest BCUT2D eigenvalue weighted by molar-refractivity contribution is 0.104. The molecule has 22 heavy (non-hydrogen) atoms. The van der Waals surface area contributed by atoms with E-state index in [0.29, 0.717) is 11.6 Å². The molecule has 1 aromatic heterocycles. The fourth-order valence-corrected chi connectivity index (χ4v) is 2.43. The number of hydrogen-bond acceptors (Lipinski definition) is 5. The Bertz CT molecular complexity index is 643. The van der Waals surface area contributed by atoms with E-state index >= 15 is 0 Å². The summed E-state index contributed by atoms with van der Waals surface area (Å²) in [6.45, 7) is 5.54. The van der Waals surface area contributed by atoms with Crippen molar-refractivity contribution >= 4 is 11.5 Å². The first-order valence-electron chi connectivity index (χ1n) is 7.22. The Labute approximate surface area is 131 Å². The number of allylic oxidation sites excluding steroid dienone is 1. The van der Waals surface area contributed by atoms with Gasteiger partial charge in [0.2, 0.25) is 5.78 Å². The minimum Gasteiger partial charge on any atom is -0.383 e. The molecular formula is C17H20N4O. The quantitative estimate of drug-likeness (QED) is 0.474. The van der Waals surface area contributed by atoms with Gasteiger partial charge < -0.3 is 9.80 Å². The van der Waals surface area contributed by atoms with E-state index in [4.69, 9.17) is 0 Å². The number of nitrogens with zero attached hydrogens (tertiary/aromatic N) is 4. The van der Waals surface area contributed by atoms with Crippen molar-refractivity contribution < 1.29 is 4.79 Å². The molecule has 5 nitrogen and oxygen atoms in total. The van der Waals surface area contributed by atoms with Crippen LogP contribution < -0.4 is 4.90 Å². The number of aromatic nitrogens is 1. The summed E-state index contributed by atoms with van der Waals surface area (Å²) in [5.74, 6) is 0.234. The molecule has 1 unspecified atom stereocenters. The summed E-state index contributed by atoms with van der Waals surface area (Å²) in [4.78, 5) is 20.2. The van der Waals surface area contributed by atoms with Crippen molar-refractivity contribution in [2.75, 3.05) is 32.1 Å². The van der Waals surface area contributed by atoms with Gasteiger partial charge in [0.15, 0.2) is 5.69 Å². The van der Waals surface area contributed by atoms with Crippen LogP contribution in [0.5, 0.6) is 0 Å². The summed E-state index contributed by atoms with van der Waals surface area (Å²) in [6.07, 6.45) is 6.09. The molecule has 1 aromatic rings. The molecule has 1 fully saturated rings. The molecule has 5 heteroatoms. The van der Waals surface area contributed by atoms with Crippen LogP contribution in [0.3, 0.4) is 0 Å². The van der Waals surface area contributed by atoms with Crippen LogP contribution in [0.15, 0.2) is 37.1 Å². The van der Waals surface area contributed by atoms with Crippen LogP contribution in [0.2, 0.25) is 0 Å². The second-order valence-corrected chi connectivity index (χ2v) is 5.55. The molecule has 1 aliphatic rings.